The molecular weight excluding hydrogens is 272 g/mol. The fourth-order valence-corrected chi connectivity index (χ4v) is 2.32. The predicted octanol–water partition coefficient (Wildman–Crippen LogP) is 0.706. The number of nitrogens with one attached hydrogen (secondary N) is 2. The zero-order chi connectivity index (χ0) is 14.8. The van der Waals surface area contributed by atoms with Gasteiger partial charge in [0, 0.05) is 6.54 Å². The first kappa shape index (κ1) is 13.7. The van der Waals surface area contributed by atoms with Gasteiger partial charge in [-0.3, -0.25) is 4.79 Å². The van der Waals surface area contributed by atoms with Crippen molar-refractivity contribution in [2.24, 2.45) is 0 Å². The van der Waals surface area contributed by atoms with Crippen molar-refractivity contribution in [2.45, 2.75) is 25.5 Å². The summed E-state index contributed by atoms with van der Waals surface area (Å²) in [5.41, 5.74) is 1.28. The van der Waals surface area contributed by atoms with Gasteiger partial charge in [-0.2, -0.15) is 4.98 Å². The van der Waals surface area contributed by atoms with Crippen LogP contribution in [0.15, 0.2) is 28.8 Å². The molecule has 0 spiro atoms. The maximum atomic E-state index is 12.2. The van der Waals surface area contributed by atoms with E-state index in [0.29, 0.717) is 35.9 Å². The van der Waals surface area contributed by atoms with E-state index < -0.39 is 12.1 Å². The SMILES string of the molecule is Cc1noc(-c2ccccc2NC(=O)C2CC(O)CN2)n1. The van der Waals surface area contributed by atoms with Gasteiger partial charge in [0.2, 0.25) is 5.91 Å². The van der Waals surface area contributed by atoms with Crippen molar-refractivity contribution in [1.82, 2.24) is 15.5 Å². The minimum absolute atomic E-state index is 0.185. The Bertz CT molecular complexity index is 655. The standard InChI is InChI=1S/C14H16N4O3/c1-8-16-14(21-18-8)10-4-2-3-5-11(10)17-13(20)12-6-9(19)7-15-12/h2-5,9,12,15,19H,6-7H2,1H3,(H,17,20). The molecule has 1 fully saturated rings. The van der Waals surface area contributed by atoms with E-state index in [4.69, 9.17) is 4.52 Å². The number of aromatic nitrogens is 2. The van der Waals surface area contributed by atoms with Gasteiger partial charge in [-0.1, -0.05) is 17.3 Å². The first-order valence-electron chi connectivity index (χ1n) is 6.75. The van der Waals surface area contributed by atoms with Crippen molar-refractivity contribution in [3.63, 3.8) is 0 Å². The van der Waals surface area contributed by atoms with Crippen LogP contribution in [0.25, 0.3) is 11.5 Å². The van der Waals surface area contributed by atoms with Crippen LogP contribution in [0, 0.1) is 6.92 Å². The smallest absolute Gasteiger partial charge is 0.260 e. The average molecular weight is 288 g/mol. The molecule has 7 nitrogen and oxygen atoms in total. The molecule has 0 bridgehead atoms. The topological polar surface area (TPSA) is 100 Å². The maximum Gasteiger partial charge on any atom is 0.260 e. The van der Waals surface area contributed by atoms with E-state index in [2.05, 4.69) is 20.8 Å². The number of aliphatic hydroxyl groups excluding tert-OH is 1. The number of rotatable bonds is 3. The van der Waals surface area contributed by atoms with Crippen LogP contribution in [0.1, 0.15) is 12.2 Å². The second-order valence-electron chi connectivity index (χ2n) is 5.03. The molecule has 2 heterocycles. The van der Waals surface area contributed by atoms with Crippen LogP contribution >= 0.6 is 0 Å². The fourth-order valence-electron chi connectivity index (χ4n) is 2.32. The highest BCUT2D eigenvalue weighted by Crippen LogP contribution is 2.26. The second kappa shape index (κ2) is 5.63. The highest BCUT2D eigenvalue weighted by Gasteiger charge is 2.28. The molecule has 1 aliphatic heterocycles. The van der Waals surface area contributed by atoms with Crippen LogP contribution in [0.2, 0.25) is 0 Å². The van der Waals surface area contributed by atoms with Crippen LogP contribution in [0.3, 0.4) is 0 Å². The minimum Gasteiger partial charge on any atom is -0.392 e. The number of β-amino-alcohol motifs (C(OH)–C–C–N with tert-alkyl or cyclic N) is 1. The molecule has 1 saturated heterocycles. The van der Waals surface area contributed by atoms with Gasteiger partial charge < -0.3 is 20.3 Å². The Morgan fingerprint density at radius 1 is 1.48 bits per heavy atom. The number of amides is 1. The lowest BCUT2D eigenvalue weighted by Crippen LogP contribution is -2.35. The first-order chi connectivity index (χ1) is 10.1. The number of carbonyl (C=O) groups is 1. The Labute approximate surface area is 121 Å². The molecule has 2 atom stereocenters. The third kappa shape index (κ3) is 2.93. The van der Waals surface area contributed by atoms with Gasteiger partial charge >= 0.3 is 0 Å². The summed E-state index contributed by atoms with van der Waals surface area (Å²) in [6, 6.07) is 6.84. The number of anilines is 1. The van der Waals surface area contributed by atoms with Crippen molar-refractivity contribution in [1.29, 1.82) is 0 Å². The van der Waals surface area contributed by atoms with Crippen LogP contribution in [0.5, 0.6) is 0 Å². The minimum atomic E-state index is -0.477. The molecule has 2 aromatic rings. The number of aliphatic hydroxyl groups is 1. The third-order valence-corrected chi connectivity index (χ3v) is 3.37. The van der Waals surface area contributed by atoms with E-state index >= 15 is 0 Å². The highest BCUT2D eigenvalue weighted by molar-refractivity contribution is 5.98. The van der Waals surface area contributed by atoms with Gasteiger partial charge in [-0.25, -0.2) is 0 Å². The van der Waals surface area contributed by atoms with Crippen LogP contribution in [-0.2, 0) is 4.79 Å². The quantitative estimate of drug-likeness (QED) is 0.769. The molecule has 1 amide bonds. The second-order valence-corrected chi connectivity index (χ2v) is 5.03. The van der Waals surface area contributed by atoms with Gasteiger partial charge in [0.15, 0.2) is 5.82 Å². The van der Waals surface area contributed by atoms with Crippen LogP contribution in [-0.4, -0.2) is 39.8 Å². The summed E-state index contributed by atoms with van der Waals surface area (Å²) in [5, 5.41) is 19.0. The number of nitrogens with zero attached hydrogens (tertiary/aromatic N) is 2. The van der Waals surface area contributed by atoms with E-state index in [1.807, 2.05) is 12.1 Å². The molecule has 21 heavy (non-hydrogen) atoms. The maximum absolute atomic E-state index is 12.2. The van der Waals surface area contributed by atoms with Gasteiger partial charge in [0.25, 0.3) is 5.89 Å². The summed E-state index contributed by atoms with van der Waals surface area (Å²) in [6.45, 7) is 2.17. The number of carbonyl (C=O) groups excluding carboxylic acids is 1. The Morgan fingerprint density at radius 3 is 2.95 bits per heavy atom. The van der Waals surface area contributed by atoms with Gasteiger partial charge in [-0.15, -0.1) is 0 Å². The van der Waals surface area contributed by atoms with Crippen LogP contribution < -0.4 is 10.6 Å². The van der Waals surface area contributed by atoms with E-state index in [0.717, 1.165) is 0 Å². The van der Waals surface area contributed by atoms with Crippen molar-refractivity contribution >= 4 is 11.6 Å². The van der Waals surface area contributed by atoms with E-state index in [9.17, 15) is 9.90 Å². The Morgan fingerprint density at radius 2 is 2.29 bits per heavy atom. The highest BCUT2D eigenvalue weighted by atomic mass is 16.5. The molecule has 7 heteroatoms. The molecule has 3 rings (SSSR count). The molecule has 2 unspecified atom stereocenters. The zero-order valence-corrected chi connectivity index (χ0v) is 11.5. The van der Waals surface area contributed by atoms with Gasteiger partial charge in [0.1, 0.15) is 0 Å². The molecule has 3 N–H and O–H groups in total. The van der Waals surface area contributed by atoms with Crippen molar-refractivity contribution < 1.29 is 14.4 Å². The summed E-state index contributed by atoms with van der Waals surface area (Å²) < 4.78 is 5.15. The molecule has 1 aromatic carbocycles. The van der Waals surface area contributed by atoms with Gasteiger partial charge in [-0.05, 0) is 25.5 Å². The zero-order valence-electron chi connectivity index (χ0n) is 11.5. The Hall–Kier alpha value is -2.25. The van der Waals surface area contributed by atoms with Crippen LogP contribution in [0.4, 0.5) is 5.69 Å². The lowest BCUT2D eigenvalue weighted by Gasteiger charge is -2.12. The number of hydrogen-bond donors (Lipinski definition) is 3. The molecule has 110 valence electrons. The first-order valence-corrected chi connectivity index (χ1v) is 6.75. The molecule has 0 aliphatic carbocycles. The summed E-state index contributed by atoms with van der Waals surface area (Å²) >= 11 is 0. The molecule has 1 aliphatic rings. The molecule has 0 saturated carbocycles. The monoisotopic (exact) mass is 288 g/mol. The summed E-state index contributed by atoms with van der Waals surface area (Å²) in [6.07, 6.45) is -0.0669. The summed E-state index contributed by atoms with van der Waals surface area (Å²) in [5.74, 6) is 0.713. The Kier molecular flexibility index (Phi) is 3.68. The normalized spacial score (nSPS) is 21.4. The van der Waals surface area contributed by atoms with E-state index in [1.165, 1.54) is 0 Å². The molecule has 1 aromatic heterocycles. The third-order valence-electron chi connectivity index (χ3n) is 3.37. The van der Waals surface area contributed by atoms with E-state index in [-0.39, 0.29) is 5.91 Å². The number of para-hydroxylation sites is 1. The van der Waals surface area contributed by atoms with Gasteiger partial charge in [0.05, 0.1) is 23.4 Å². The summed E-state index contributed by atoms with van der Waals surface area (Å²) in [7, 11) is 0. The summed E-state index contributed by atoms with van der Waals surface area (Å²) in [4.78, 5) is 16.4. The van der Waals surface area contributed by atoms with Crippen molar-refractivity contribution in [2.75, 3.05) is 11.9 Å². The molecular formula is C14H16N4O3. The number of benzene rings is 1. The molecule has 0 radical (unpaired) electrons. The predicted molar refractivity (Wildman–Crippen MR) is 75.5 cm³/mol. The largest absolute Gasteiger partial charge is 0.392 e. The average Bonchev–Trinajstić information content (AvgIpc) is 3.08. The Balaban J connectivity index is 1.81. The number of hydrogen-bond acceptors (Lipinski definition) is 6. The lowest BCUT2D eigenvalue weighted by molar-refractivity contribution is -0.117. The number of aryl methyl sites for hydroxylation is 1. The van der Waals surface area contributed by atoms with Crippen molar-refractivity contribution in [3.8, 4) is 11.5 Å². The fraction of sp³-hybridized carbons (Fsp3) is 0.357. The van der Waals surface area contributed by atoms with Crippen molar-refractivity contribution in [3.05, 3.63) is 30.1 Å². The lowest BCUT2D eigenvalue weighted by atomic mass is 10.1. The van der Waals surface area contributed by atoms with E-state index in [1.54, 1.807) is 19.1 Å².